The maximum Gasteiger partial charge on any atom is 0.0914 e. The van der Waals surface area contributed by atoms with Crippen molar-refractivity contribution in [1.29, 1.82) is 0 Å². The number of anilines is 1. The highest BCUT2D eigenvalue weighted by Gasteiger charge is 2.10. The second kappa shape index (κ2) is 7.36. The molecule has 2 atom stereocenters. The van der Waals surface area contributed by atoms with Crippen molar-refractivity contribution >= 4 is 5.69 Å². The van der Waals surface area contributed by atoms with E-state index < -0.39 is 6.10 Å². The molecule has 1 rings (SSSR count). The van der Waals surface area contributed by atoms with Crippen molar-refractivity contribution in [3.8, 4) is 0 Å². The van der Waals surface area contributed by atoms with Crippen LogP contribution in [-0.4, -0.2) is 43.5 Å². The van der Waals surface area contributed by atoms with Gasteiger partial charge in [-0.3, -0.25) is 0 Å². The molecule has 0 spiro atoms. The third-order valence-electron chi connectivity index (χ3n) is 3.11. The Morgan fingerprint density at radius 1 is 1.22 bits per heavy atom. The molecule has 4 heteroatoms. The van der Waals surface area contributed by atoms with Crippen LogP contribution in [-0.2, 0) is 0 Å². The van der Waals surface area contributed by atoms with Crippen molar-refractivity contribution in [3.63, 3.8) is 0 Å². The summed E-state index contributed by atoms with van der Waals surface area (Å²) in [5.74, 6) is 0. The number of hydrogen-bond acceptors (Lipinski definition) is 4. The molecule has 0 aliphatic rings. The Bertz CT molecular complexity index is 334. The number of aliphatic hydroxyl groups is 2. The van der Waals surface area contributed by atoms with Crippen molar-refractivity contribution in [1.82, 2.24) is 5.32 Å². The summed E-state index contributed by atoms with van der Waals surface area (Å²) < 4.78 is 0. The summed E-state index contributed by atoms with van der Waals surface area (Å²) >= 11 is 0. The Labute approximate surface area is 109 Å². The zero-order valence-corrected chi connectivity index (χ0v) is 11.4. The predicted octanol–water partition coefficient (Wildman–Crippen LogP) is 1.15. The highest BCUT2D eigenvalue weighted by atomic mass is 16.3. The Kier molecular flexibility index (Phi) is 6.12. The molecule has 0 fully saturated rings. The zero-order chi connectivity index (χ0) is 13.5. The van der Waals surface area contributed by atoms with Crippen molar-refractivity contribution < 1.29 is 10.2 Å². The van der Waals surface area contributed by atoms with Crippen molar-refractivity contribution in [2.75, 3.05) is 32.1 Å². The van der Waals surface area contributed by atoms with E-state index in [4.69, 9.17) is 5.11 Å². The van der Waals surface area contributed by atoms with Gasteiger partial charge in [-0.1, -0.05) is 19.1 Å². The predicted molar refractivity (Wildman–Crippen MR) is 74.9 cm³/mol. The standard InChI is InChI=1S/C14H24N2O2/c1-4-12(10-17)15-9-14(18)11-5-7-13(8-6-11)16(2)3/h5-8,12,14-15,17-18H,4,9-10H2,1-3H3. The first-order valence-electron chi connectivity index (χ1n) is 6.38. The Balaban J connectivity index is 2.53. The van der Waals surface area contributed by atoms with Gasteiger partial charge in [-0.2, -0.15) is 0 Å². The third kappa shape index (κ3) is 4.29. The molecule has 0 saturated carbocycles. The first kappa shape index (κ1) is 15.0. The molecule has 1 aromatic rings. The highest BCUT2D eigenvalue weighted by Crippen LogP contribution is 2.17. The minimum absolute atomic E-state index is 0.0562. The molecule has 0 amide bonds. The number of nitrogens with zero attached hydrogens (tertiary/aromatic N) is 1. The van der Waals surface area contributed by atoms with Gasteiger partial charge in [0.1, 0.15) is 0 Å². The lowest BCUT2D eigenvalue weighted by atomic mass is 10.1. The van der Waals surface area contributed by atoms with E-state index in [0.717, 1.165) is 17.7 Å². The van der Waals surface area contributed by atoms with E-state index in [1.807, 2.05) is 50.2 Å². The number of nitrogens with one attached hydrogen (secondary N) is 1. The second-order valence-corrected chi connectivity index (χ2v) is 4.70. The molecule has 102 valence electrons. The van der Waals surface area contributed by atoms with Gasteiger partial charge in [-0.25, -0.2) is 0 Å². The lowest BCUT2D eigenvalue weighted by molar-refractivity contribution is 0.158. The summed E-state index contributed by atoms with van der Waals surface area (Å²) in [6, 6.07) is 7.90. The topological polar surface area (TPSA) is 55.7 Å². The van der Waals surface area contributed by atoms with Crippen LogP contribution in [0.4, 0.5) is 5.69 Å². The number of benzene rings is 1. The van der Waals surface area contributed by atoms with Gasteiger partial charge in [0.2, 0.25) is 0 Å². The van der Waals surface area contributed by atoms with E-state index >= 15 is 0 Å². The van der Waals surface area contributed by atoms with Crippen LogP contribution in [0, 0.1) is 0 Å². The van der Waals surface area contributed by atoms with Crippen molar-refractivity contribution in [2.45, 2.75) is 25.5 Å². The van der Waals surface area contributed by atoms with E-state index in [0.29, 0.717) is 6.54 Å². The Morgan fingerprint density at radius 2 is 1.83 bits per heavy atom. The van der Waals surface area contributed by atoms with E-state index in [2.05, 4.69) is 5.32 Å². The molecular formula is C14H24N2O2. The van der Waals surface area contributed by atoms with E-state index in [-0.39, 0.29) is 12.6 Å². The summed E-state index contributed by atoms with van der Waals surface area (Å²) in [5.41, 5.74) is 2.00. The molecule has 0 bridgehead atoms. The Morgan fingerprint density at radius 3 is 2.28 bits per heavy atom. The van der Waals surface area contributed by atoms with Gasteiger partial charge >= 0.3 is 0 Å². The molecule has 2 unspecified atom stereocenters. The maximum atomic E-state index is 10.0. The molecule has 0 heterocycles. The van der Waals surface area contributed by atoms with Crippen LogP contribution in [0.2, 0.25) is 0 Å². The van der Waals surface area contributed by atoms with Gasteiger partial charge in [0.05, 0.1) is 12.7 Å². The van der Waals surface area contributed by atoms with Crippen molar-refractivity contribution in [3.05, 3.63) is 29.8 Å². The van der Waals surface area contributed by atoms with Gasteiger partial charge in [-0.05, 0) is 24.1 Å². The van der Waals surface area contributed by atoms with Crippen LogP contribution in [0.15, 0.2) is 24.3 Å². The largest absolute Gasteiger partial charge is 0.395 e. The molecule has 0 saturated heterocycles. The summed E-state index contributed by atoms with van der Waals surface area (Å²) in [5, 5.41) is 22.2. The van der Waals surface area contributed by atoms with Gasteiger partial charge in [0.25, 0.3) is 0 Å². The average Bonchev–Trinajstić information content (AvgIpc) is 2.39. The summed E-state index contributed by atoms with van der Waals surface area (Å²) in [6.07, 6.45) is 0.310. The molecule has 18 heavy (non-hydrogen) atoms. The zero-order valence-electron chi connectivity index (χ0n) is 11.4. The van der Waals surface area contributed by atoms with Crippen LogP contribution in [0.25, 0.3) is 0 Å². The monoisotopic (exact) mass is 252 g/mol. The van der Waals surface area contributed by atoms with Crippen LogP contribution >= 0.6 is 0 Å². The minimum Gasteiger partial charge on any atom is -0.395 e. The smallest absolute Gasteiger partial charge is 0.0914 e. The van der Waals surface area contributed by atoms with Crippen LogP contribution in [0.3, 0.4) is 0 Å². The Hall–Kier alpha value is -1.10. The number of rotatable bonds is 7. The van der Waals surface area contributed by atoms with Crippen LogP contribution in [0.5, 0.6) is 0 Å². The molecule has 0 aliphatic heterocycles. The maximum absolute atomic E-state index is 10.0. The van der Waals surface area contributed by atoms with Gasteiger partial charge in [-0.15, -0.1) is 0 Å². The molecule has 3 N–H and O–H groups in total. The van der Waals surface area contributed by atoms with Gasteiger partial charge < -0.3 is 20.4 Å². The number of aliphatic hydroxyl groups excluding tert-OH is 2. The lowest BCUT2D eigenvalue weighted by Gasteiger charge is -2.18. The fraction of sp³-hybridized carbons (Fsp3) is 0.571. The molecule has 0 aliphatic carbocycles. The fourth-order valence-corrected chi connectivity index (χ4v) is 1.73. The third-order valence-corrected chi connectivity index (χ3v) is 3.11. The normalized spacial score (nSPS) is 14.3. The minimum atomic E-state index is -0.540. The quantitative estimate of drug-likeness (QED) is 0.681. The summed E-state index contributed by atoms with van der Waals surface area (Å²) in [4.78, 5) is 2.02. The lowest BCUT2D eigenvalue weighted by Crippen LogP contribution is -2.34. The van der Waals surface area contributed by atoms with Crippen LogP contribution < -0.4 is 10.2 Å². The van der Waals surface area contributed by atoms with E-state index in [9.17, 15) is 5.11 Å². The second-order valence-electron chi connectivity index (χ2n) is 4.70. The SMILES string of the molecule is CCC(CO)NCC(O)c1ccc(N(C)C)cc1. The first-order valence-corrected chi connectivity index (χ1v) is 6.38. The molecule has 1 aromatic carbocycles. The fourth-order valence-electron chi connectivity index (χ4n) is 1.73. The van der Waals surface area contributed by atoms with Crippen molar-refractivity contribution in [2.24, 2.45) is 0 Å². The highest BCUT2D eigenvalue weighted by molar-refractivity contribution is 5.46. The summed E-state index contributed by atoms with van der Waals surface area (Å²) in [7, 11) is 3.97. The number of hydrogen-bond donors (Lipinski definition) is 3. The molecule has 4 nitrogen and oxygen atoms in total. The van der Waals surface area contributed by atoms with Gasteiger partial charge in [0.15, 0.2) is 0 Å². The van der Waals surface area contributed by atoms with E-state index in [1.165, 1.54) is 0 Å². The summed E-state index contributed by atoms with van der Waals surface area (Å²) in [6.45, 7) is 2.56. The van der Waals surface area contributed by atoms with Crippen LogP contribution in [0.1, 0.15) is 25.0 Å². The van der Waals surface area contributed by atoms with E-state index in [1.54, 1.807) is 0 Å². The van der Waals surface area contributed by atoms with Gasteiger partial charge in [0, 0.05) is 32.4 Å². The molecular weight excluding hydrogens is 228 g/mol. The first-order chi connectivity index (χ1) is 8.58. The molecule has 0 radical (unpaired) electrons. The average molecular weight is 252 g/mol. The molecule has 0 aromatic heterocycles.